The third-order valence-electron chi connectivity index (χ3n) is 5.80. The van der Waals surface area contributed by atoms with E-state index < -0.39 is 35.7 Å². The van der Waals surface area contributed by atoms with Crippen LogP contribution >= 0.6 is 0 Å². The number of ketones is 1. The van der Waals surface area contributed by atoms with Crippen molar-refractivity contribution in [3.8, 4) is 11.6 Å². The average molecular weight is 589 g/mol. The third kappa shape index (κ3) is 7.50. The molecular formula is C25H29F5N6O5. The van der Waals surface area contributed by atoms with Gasteiger partial charge < -0.3 is 24.2 Å². The van der Waals surface area contributed by atoms with Crippen LogP contribution in [-0.4, -0.2) is 76.2 Å². The Labute approximate surface area is 230 Å². The molecule has 0 saturated carbocycles. The normalized spacial score (nSPS) is 13.9. The summed E-state index contributed by atoms with van der Waals surface area (Å²) in [5, 5.41) is 24.5. The Morgan fingerprint density at radius 1 is 1.17 bits per heavy atom. The number of halogens is 5. The van der Waals surface area contributed by atoms with Crippen molar-refractivity contribution in [1.82, 2.24) is 19.4 Å². The summed E-state index contributed by atoms with van der Waals surface area (Å²) in [6, 6.07) is 5.30. The van der Waals surface area contributed by atoms with Crippen LogP contribution in [0.1, 0.15) is 29.8 Å². The van der Waals surface area contributed by atoms with E-state index in [4.69, 9.17) is 24.7 Å². The van der Waals surface area contributed by atoms with E-state index in [0.717, 1.165) is 10.7 Å². The number of ether oxygens (including phenoxy) is 3. The number of benzene rings is 1. The Hall–Kier alpha value is -4.21. The van der Waals surface area contributed by atoms with Gasteiger partial charge in [-0.1, -0.05) is 6.58 Å². The Kier molecular flexibility index (Phi) is 9.57. The predicted octanol–water partition coefficient (Wildman–Crippen LogP) is 3.87. The summed E-state index contributed by atoms with van der Waals surface area (Å²) in [7, 11) is 1.17. The van der Waals surface area contributed by atoms with Gasteiger partial charge in [-0.15, -0.1) is 10.2 Å². The average Bonchev–Trinajstić information content (AvgIpc) is 3.22. The molecule has 2 aromatic heterocycles. The minimum atomic E-state index is -4.74. The van der Waals surface area contributed by atoms with Crippen LogP contribution in [0, 0.1) is 5.41 Å². The number of methoxy groups -OCH3 is 1. The number of nitrogens with zero attached hydrogens (tertiary/aromatic N) is 5. The fraction of sp³-hybridized carbons (Fsp3) is 0.440. The molecule has 0 spiro atoms. The molecule has 4 rings (SSSR count). The third-order valence-corrected chi connectivity index (χ3v) is 5.80. The first-order chi connectivity index (χ1) is 19.2. The molecule has 0 aliphatic carbocycles. The number of hydrogen-bond donors (Lipinski definition) is 2. The number of aromatic nitrogens is 4. The van der Waals surface area contributed by atoms with Gasteiger partial charge in [0.2, 0.25) is 11.5 Å². The van der Waals surface area contributed by atoms with Crippen molar-refractivity contribution in [1.29, 1.82) is 5.41 Å². The summed E-state index contributed by atoms with van der Waals surface area (Å²) < 4.78 is 82.5. The number of alkyl halides is 5. The maximum atomic E-state index is 13.9. The van der Waals surface area contributed by atoms with E-state index in [0.29, 0.717) is 45.5 Å². The second-order valence-corrected chi connectivity index (χ2v) is 8.79. The number of aliphatic hydroxyl groups excluding tert-OH is 1. The molecule has 0 atom stereocenters. The molecule has 11 nitrogen and oxygen atoms in total. The standard InChI is InChI=1S/C21H23F3N6O4.C4H6F2O/c1-3-34-18-5-4-17-26-29(20(25)30(17)27-18)12-16(31)13-10-14(21(22,23)24)19(32-2)15(11-13)28-6-8-33-9-7-28;1-3(7)4(2,5)6/h4-5,10-11,25H,3,6-9,12H2,1-2H3;7H,1H2,2H3. The van der Waals surface area contributed by atoms with E-state index in [1.165, 1.54) is 17.7 Å². The predicted molar refractivity (Wildman–Crippen MR) is 136 cm³/mol. The maximum absolute atomic E-state index is 13.9. The fourth-order valence-electron chi connectivity index (χ4n) is 3.71. The first-order valence-electron chi connectivity index (χ1n) is 12.2. The van der Waals surface area contributed by atoms with Crippen LogP contribution in [0.4, 0.5) is 27.6 Å². The molecule has 0 amide bonds. The van der Waals surface area contributed by atoms with Crippen molar-refractivity contribution in [2.45, 2.75) is 32.5 Å². The first kappa shape index (κ1) is 31.3. The Morgan fingerprint density at radius 2 is 1.80 bits per heavy atom. The molecule has 224 valence electrons. The molecule has 3 aromatic rings. The zero-order valence-corrected chi connectivity index (χ0v) is 22.5. The summed E-state index contributed by atoms with van der Waals surface area (Å²) in [6.07, 6.45) is -4.74. The maximum Gasteiger partial charge on any atom is 0.420 e. The fourth-order valence-corrected chi connectivity index (χ4v) is 3.71. The van der Waals surface area contributed by atoms with E-state index in [9.17, 15) is 26.7 Å². The van der Waals surface area contributed by atoms with Crippen LogP contribution in [0.15, 0.2) is 36.6 Å². The van der Waals surface area contributed by atoms with Gasteiger partial charge in [-0.2, -0.15) is 26.5 Å². The lowest BCUT2D eigenvalue weighted by atomic mass is 10.0. The van der Waals surface area contributed by atoms with E-state index in [1.54, 1.807) is 24.0 Å². The number of carbonyl (C=O) groups is 1. The number of allylic oxidation sites excluding steroid dienone is 1. The number of hydrogen-bond acceptors (Lipinski definition) is 9. The first-order valence-corrected chi connectivity index (χ1v) is 12.2. The van der Waals surface area contributed by atoms with Crippen LogP contribution in [0.5, 0.6) is 11.6 Å². The minimum absolute atomic E-state index is 0.165. The quantitative estimate of drug-likeness (QED) is 0.231. The molecule has 0 bridgehead atoms. The Bertz CT molecular complexity index is 1460. The lowest BCUT2D eigenvalue weighted by Gasteiger charge is -2.31. The molecule has 2 N–H and O–H groups in total. The monoisotopic (exact) mass is 588 g/mol. The molecule has 1 aliphatic rings. The molecule has 16 heteroatoms. The van der Waals surface area contributed by atoms with E-state index >= 15 is 0 Å². The number of aliphatic hydroxyl groups is 1. The van der Waals surface area contributed by atoms with Crippen LogP contribution in [-0.2, 0) is 17.5 Å². The highest BCUT2D eigenvalue weighted by Crippen LogP contribution is 2.43. The minimum Gasteiger partial charge on any atom is -0.507 e. The summed E-state index contributed by atoms with van der Waals surface area (Å²) in [5.41, 5.74) is -0.972. The van der Waals surface area contributed by atoms with Crippen molar-refractivity contribution in [3.05, 3.63) is 53.3 Å². The highest BCUT2D eigenvalue weighted by molar-refractivity contribution is 5.97. The second kappa shape index (κ2) is 12.5. The topological polar surface area (TPSA) is 127 Å². The molecule has 1 saturated heterocycles. The van der Waals surface area contributed by atoms with Crippen LogP contribution in [0.25, 0.3) is 5.65 Å². The zero-order chi connectivity index (χ0) is 30.5. The summed E-state index contributed by atoms with van der Waals surface area (Å²) in [4.78, 5) is 14.8. The van der Waals surface area contributed by atoms with Gasteiger partial charge in [-0.25, -0.2) is 4.68 Å². The summed E-state index contributed by atoms with van der Waals surface area (Å²) >= 11 is 0. The Morgan fingerprint density at radius 3 is 2.34 bits per heavy atom. The van der Waals surface area contributed by atoms with E-state index in [2.05, 4.69) is 16.8 Å². The van der Waals surface area contributed by atoms with Gasteiger partial charge in [0.15, 0.2) is 22.9 Å². The number of carbonyl (C=O) groups excluding carboxylic acids is 1. The number of anilines is 1. The summed E-state index contributed by atoms with van der Waals surface area (Å²) in [5.74, 6) is -4.94. The number of morpholine rings is 1. The molecule has 0 unspecified atom stereocenters. The molecule has 41 heavy (non-hydrogen) atoms. The van der Waals surface area contributed by atoms with Crippen molar-refractivity contribution in [2.24, 2.45) is 0 Å². The van der Waals surface area contributed by atoms with Crippen LogP contribution in [0.2, 0.25) is 0 Å². The van der Waals surface area contributed by atoms with Crippen molar-refractivity contribution in [3.63, 3.8) is 0 Å². The molecule has 1 fully saturated rings. The molecule has 1 aliphatic heterocycles. The molecule has 3 heterocycles. The van der Waals surface area contributed by atoms with Gasteiger partial charge in [0, 0.05) is 31.6 Å². The van der Waals surface area contributed by atoms with Gasteiger partial charge in [0.05, 0.1) is 32.6 Å². The van der Waals surface area contributed by atoms with Gasteiger partial charge >= 0.3 is 6.18 Å². The van der Waals surface area contributed by atoms with Gasteiger partial charge in [0.25, 0.3) is 5.92 Å². The molecular weight excluding hydrogens is 559 g/mol. The van der Waals surface area contributed by atoms with Gasteiger partial charge in [0.1, 0.15) is 12.1 Å². The number of fused-ring (bicyclic) bond motifs is 1. The van der Waals surface area contributed by atoms with Crippen molar-refractivity contribution < 1.29 is 46.1 Å². The summed E-state index contributed by atoms with van der Waals surface area (Å²) in [6.45, 7) is 6.34. The smallest absolute Gasteiger partial charge is 0.420 e. The lowest BCUT2D eigenvalue weighted by molar-refractivity contribution is -0.138. The highest BCUT2D eigenvalue weighted by Gasteiger charge is 2.37. The van der Waals surface area contributed by atoms with Gasteiger partial charge in [-0.05, 0) is 25.1 Å². The highest BCUT2D eigenvalue weighted by atomic mass is 19.4. The SMILES string of the molecule is C=C(O)C(C)(F)F.CCOc1ccc2nn(CC(=O)c3cc(N4CCOCC4)c(OC)c(C(F)(F)F)c3)c(=N)n2n1. The largest absolute Gasteiger partial charge is 0.507 e. The number of Topliss-reactive ketones (excluding diaryl/α,β-unsaturated/α-hetero) is 1. The number of rotatable bonds is 8. The zero-order valence-electron chi connectivity index (χ0n) is 22.5. The van der Waals surface area contributed by atoms with Crippen molar-refractivity contribution in [2.75, 3.05) is 44.9 Å². The second-order valence-electron chi connectivity index (χ2n) is 8.79. The van der Waals surface area contributed by atoms with Gasteiger partial charge in [-0.3, -0.25) is 10.2 Å². The molecule has 0 radical (unpaired) electrons. The van der Waals surface area contributed by atoms with E-state index in [1.807, 2.05) is 0 Å². The van der Waals surface area contributed by atoms with Crippen LogP contribution < -0.4 is 20.0 Å². The van der Waals surface area contributed by atoms with Crippen molar-refractivity contribution >= 4 is 17.1 Å². The van der Waals surface area contributed by atoms with Crippen LogP contribution in [0.3, 0.4) is 0 Å². The molecule has 1 aromatic carbocycles. The number of nitrogens with one attached hydrogen (secondary N) is 1. The van der Waals surface area contributed by atoms with E-state index in [-0.39, 0.29) is 28.5 Å². The lowest BCUT2D eigenvalue weighted by Crippen LogP contribution is -2.37. The Balaban J connectivity index is 0.000000587.